The number of nitrogens with one attached hydrogen (secondary N) is 2. The Morgan fingerprint density at radius 2 is 1.62 bits per heavy atom. The molecule has 5 nitrogen and oxygen atoms in total. The topological polar surface area (TPSA) is 71.1 Å². The number of hydrogen-bond donors (Lipinski definition) is 2. The maximum Gasteiger partial charge on any atom is 0.255 e. The molecule has 0 aliphatic heterocycles. The minimum absolute atomic E-state index is 0.205. The van der Waals surface area contributed by atoms with Crippen LogP contribution >= 0.6 is 39.0 Å². The van der Waals surface area contributed by atoms with E-state index in [9.17, 15) is 14.0 Å². The van der Waals surface area contributed by atoms with Crippen LogP contribution in [0.1, 0.15) is 21.2 Å². The quantitative estimate of drug-likeness (QED) is 0.171. The zero-order chi connectivity index (χ0) is 27.2. The summed E-state index contributed by atoms with van der Waals surface area (Å²) < 4.78 is 14.2. The van der Waals surface area contributed by atoms with Crippen molar-refractivity contribution in [2.24, 2.45) is 0 Å². The highest BCUT2D eigenvalue weighted by Crippen LogP contribution is 2.38. The Morgan fingerprint density at radius 3 is 2.36 bits per heavy atom. The molecule has 0 radical (unpaired) electrons. The second kappa shape index (κ2) is 12.4. The van der Waals surface area contributed by atoms with Crippen LogP contribution < -0.4 is 10.6 Å². The number of carbonyl (C=O) groups excluding carboxylic acids is 2. The zero-order valence-corrected chi connectivity index (χ0v) is 23.5. The fourth-order valence-corrected chi connectivity index (χ4v) is 5.81. The van der Waals surface area contributed by atoms with E-state index < -0.39 is 11.1 Å². The molecule has 5 rings (SSSR count). The Morgan fingerprint density at radius 1 is 0.872 bits per heavy atom. The minimum Gasteiger partial charge on any atom is -0.322 e. The van der Waals surface area contributed by atoms with Crippen molar-refractivity contribution in [2.75, 3.05) is 10.6 Å². The summed E-state index contributed by atoms with van der Waals surface area (Å²) in [5, 5.41) is 7.67. The first-order chi connectivity index (χ1) is 18.9. The molecule has 0 saturated carbocycles. The van der Waals surface area contributed by atoms with Gasteiger partial charge in [0.25, 0.3) is 5.91 Å². The van der Waals surface area contributed by atoms with E-state index in [2.05, 4.69) is 31.5 Å². The monoisotopic (exact) mass is 617 g/mol. The van der Waals surface area contributed by atoms with Gasteiger partial charge in [0, 0.05) is 31.6 Å². The number of thiazole rings is 1. The molecule has 0 spiro atoms. The third-order valence-corrected chi connectivity index (χ3v) is 8.20. The largest absolute Gasteiger partial charge is 0.322 e. The van der Waals surface area contributed by atoms with Crippen LogP contribution in [0.25, 0.3) is 11.3 Å². The van der Waals surface area contributed by atoms with E-state index in [-0.39, 0.29) is 11.8 Å². The number of rotatable bonds is 8. The van der Waals surface area contributed by atoms with E-state index in [0.717, 1.165) is 26.2 Å². The molecule has 0 saturated heterocycles. The van der Waals surface area contributed by atoms with Gasteiger partial charge in [-0.1, -0.05) is 64.5 Å². The summed E-state index contributed by atoms with van der Waals surface area (Å²) >= 11 is 6.18. The van der Waals surface area contributed by atoms with Gasteiger partial charge in [-0.15, -0.1) is 23.1 Å². The molecule has 1 aromatic heterocycles. The molecule has 194 valence electrons. The summed E-state index contributed by atoms with van der Waals surface area (Å²) in [6.07, 6.45) is 0. The number of anilines is 2. The van der Waals surface area contributed by atoms with Gasteiger partial charge < -0.3 is 10.6 Å². The summed E-state index contributed by atoms with van der Waals surface area (Å²) in [5.74, 6) is -0.957. The molecule has 0 bridgehead atoms. The molecule has 1 unspecified atom stereocenters. The van der Waals surface area contributed by atoms with E-state index >= 15 is 0 Å². The SMILES string of the molecule is O=C(Nc1cccc(SC(C(=O)Nc2nc(-c3ccc(Br)cc3)cs2)c2ccccc2)c1)c1ccc(F)cc1. The van der Waals surface area contributed by atoms with E-state index in [0.29, 0.717) is 16.4 Å². The van der Waals surface area contributed by atoms with E-state index in [1.165, 1.54) is 47.4 Å². The van der Waals surface area contributed by atoms with Gasteiger partial charge in [0.2, 0.25) is 5.91 Å². The van der Waals surface area contributed by atoms with Crippen LogP contribution in [0.4, 0.5) is 15.2 Å². The summed E-state index contributed by atoms with van der Waals surface area (Å²) in [4.78, 5) is 31.5. The lowest BCUT2D eigenvalue weighted by Crippen LogP contribution is -2.19. The van der Waals surface area contributed by atoms with Crippen molar-refractivity contribution in [2.45, 2.75) is 10.1 Å². The lowest BCUT2D eigenvalue weighted by molar-refractivity contribution is -0.115. The van der Waals surface area contributed by atoms with Crippen LogP contribution in [0, 0.1) is 5.82 Å². The number of benzene rings is 4. The van der Waals surface area contributed by atoms with Gasteiger partial charge in [0.1, 0.15) is 11.1 Å². The fourth-order valence-electron chi connectivity index (χ4n) is 3.74. The maximum atomic E-state index is 13.5. The van der Waals surface area contributed by atoms with Gasteiger partial charge in [-0.3, -0.25) is 9.59 Å². The van der Waals surface area contributed by atoms with Crippen LogP contribution in [0.15, 0.2) is 118 Å². The highest BCUT2D eigenvalue weighted by atomic mass is 79.9. The van der Waals surface area contributed by atoms with Crippen molar-refractivity contribution in [1.82, 2.24) is 4.98 Å². The summed E-state index contributed by atoms with van der Waals surface area (Å²) in [7, 11) is 0. The van der Waals surface area contributed by atoms with Gasteiger partial charge in [0.05, 0.1) is 5.69 Å². The fraction of sp³-hybridized carbons (Fsp3) is 0.0333. The van der Waals surface area contributed by atoms with Crippen molar-refractivity contribution in [3.63, 3.8) is 0 Å². The van der Waals surface area contributed by atoms with Crippen LogP contribution in [0.2, 0.25) is 0 Å². The van der Waals surface area contributed by atoms with Crippen molar-refractivity contribution in [1.29, 1.82) is 0 Å². The molecule has 5 aromatic rings. The van der Waals surface area contributed by atoms with E-state index in [4.69, 9.17) is 0 Å². The van der Waals surface area contributed by atoms with Crippen molar-refractivity contribution >= 4 is 61.7 Å². The maximum absolute atomic E-state index is 13.5. The van der Waals surface area contributed by atoms with Crippen molar-refractivity contribution < 1.29 is 14.0 Å². The van der Waals surface area contributed by atoms with Gasteiger partial charge >= 0.3 is 0 Å². The first kappa shape index (κ1) is 26.8. The van der Waals surface area contributed by atoms with E-state index in [1.54, 1.807) is 6.07 Å². The number of aromatic nitrogens is 1. The summed E-state index contributed by atoms with van der Waals surface area (Å²) in [6, 6.07) is 30.0. The second-order valence-electron chi connectivity index (χ2n) is 8.43. The molecule has 2 amide bonds. The smallest absolute Gasteiger partial charge is 0.255 e. The molecule has 0 aliphatic carbocycles. The number of amides is 2. The predicted octanol–water partition coefficient (Wildman–Crippen LogP) is 8.44. The molecular formula is C30H21BrFN3O2S2. The highest BCUT2D eigenvalue weighted by Gasteiger charge is 2.23. The standard InChI is InChI=1S/C30H21BrFN3O2S2/c31-22-13-9-19(10-14-22)26-18-38-30(34-26)35-29(37)27(20-5-2-1-3-6-20)39-25-8-4-7-24(17-25)33-28(36)21-11-15-23(32)16-12-21/h1-18,27H,(H,33,36)(H,34,35,37). The summed E-state index contributed by atoms with van der Waals surface area (Å²) in [6.45, 7) is 0. The minimum atomic E-state index is -0.561. The zero-order valence-electron chi connectivity index (χ0n) is 20.3. The van der Waals surface area contributed by atoms with Crippen molar-refractivity contribution in [3.05, 3.63) is 130 Å². The summed E-state index contributed by atoms with van der Waals surface area (Å²) in [5.41, 5.74) is 3.51. The van der Waals surface area contributed by atoms with Crippen molar-refractivity contribution in [3.8, 4) is 11.3 Å². The second-order valence-corrected chi connectivity index (χ2v) is 11.4. The average molecular weight is 619 g/mol. The van der Waals surface area contributed by atoms with E-state index in [1.807, 2.05) is 78.2 Å². The van der Waals surface area contributed by atoms with Crippen LogP contribution in [-0.4, -0.2) is 16.8 Å². The molecule has 0 aliphatic rings. The molecule has 4 aromatic carbocycles. The Hall–Kier alpha value is -3.79. The lowest BCUT2D eigenvalue weighted by atomic mass is 10.1. The number of carbonyl (C=O) groups is 2. The third-order valence-electron chi connectivity index (χ3n) is 5.67. The molecular weight excluding hydrogens is 597 g/mol. The number of halogens is 2. The number of nitrogens with zero attached hydrogens (tertiary/aromatic N) is 1. The third kappa shape index (κ3) is 7.00. The van der Waals surface area contributed by atoms with Crippen LogP contribution in [0.5, 0.6) is 0 Å². The Bertz CT molecular complexity index is 1590. The predicted molar refractivity (Wildman–Crippen MR) is 160 cm³/mol. The highest BCUT2D eigenvalue weighted by molar-refractivity contribution is 9.10. The van der Waals surface area contributed by atoms with Gasteiger partial charge in [-0.2, -0.15) is 0 Å². The lowest BCUT2D eigenvalue weighted by Gasteiger charge is -2.17. The average Bonchev–Trinajstić information content (AvgIpc) is 3.41. The molecule has 1 atom stereocenters. The van der Waals surface area contributed by atoms with Gasteiger partial charge in [0.15, 0.2) is 5.13 Å². The van der Waals surface area contributed by atoms with Crippen LogP contribution in [0.3, 0.4) is 0 Å². The molecule has 2 N–H and O–H groups in total. The molecule has 0 fully saturated rings. The number of thioether (sulfide) groups is 1. The first-order valence-corrected chi connectivity index (χ1v) is 14.4. The first-order valence-electron chi connectivity index (χ1n) is 11.9. The molecule has 1 heterocycles. The Labute approximate surface area is 241 Å². The normalized spacial score (nSPS) is 11.5. The van der Waals surface area contributed by atoms with Gasteiger partial charge in [-0.25, -0.2) is 9.37 Å². The molecule has 9 heteroatoms. The molecule has 39 heavy (non-hydrogen) atoms. The Balaban J connectivity index is 1.33. The van der Waals surface area contributed by atoms with Crippen LogP contribution in [-0.2, 0) is 4.79 Å². The number of hydrogen-bond acceptors (Lipinski definition) is 5. The Kier molecular flexibility index (Phi) is 8.51. The van der Waals surface area contributed by atoms with Gasteiger partial charge in [-0.05, 0) is 60.2 Å².